The highest BCUT2D eigenvalue weighted by molar-refractivity contribution is 5.87. The van der Waals surface area contributed by atoms with E-state index in [9.17, 15) is 10.1 Å². The van der Waals surface area contributed by atoms with Crippen LogP contribution >= 0.6 is 0 Å². The summed E-state index contributed by atoms with van der Waals surface area (Å²) in [5.41, 5.74) is 3.06. The van der Waals surface area contributed by atoms with Gasteiger partial charge in [0.25, 0.3) is 5.69 Å². The zero-order valence-electron chi connectivity index (χ0n) is 11.7. The molecule has 0 unspecified atom stereocenters. The highest BCUT2D eigenvalue weighted by Gasteiger charge is 2.13. The average molecular weight is 277 g/mol. The molecule has 0 spiro atoms. The van der Waals surface area contributed by atoms with Crippen molar-refractivity contribution in [2.45, 2.75) is 13.3 Å². The van der Waals surface area contributed by atoms with Gasteiger partial charge in [-0.05, 0) is 46.5 Å². The topological polar surface area (TPSA) is 43.1 Å². The van der Waals surface area contributed by atoms with Gasteiger partial charge in [0.05, 0.1) is 4.92 Å². The Bertz CT molecular complexity index is 824. The van der Waals surface area contributed by atoms with E-state index in [2.05, 4.69) is 30.3 Å². The van der Waals surface area contributed by atoms with Gasteiger partial charge in [-0.25, -0.2) is 0 Å². The van der Waals surface area contributed by atoms with Crippen LogP contribution in [0.2, 0.25) is 0 Å². The van der Waals surface area contributed by atoms with Crippen LogP contribution in [-0.2, 0) is 6.42 Å². The molecule has 21 heavy (non-hydrogen) atoms. The fraction of sp³-hybridized carbons (Fsp3) is 0.111. The second kappa shape index (κ2) is 5.37. The van der Waals surface area contributed by atoms with Gasteiger partial charge in [0.15, 0.2) is 0 Å². The molecule has 0 fully saturated rings. The van der Waals surface area contributed by atoms with Crippen molar-refractivity contribution < 1.29 is 4.92 Å². The van der Waals surface area contributed by atoms with Gasteiger partial charge in [-0.15, -0.1) is 0 Å². The van der Waals surface area contributed by atoms with Crippen molar-refractivity contribution in [3.05, 3.63) is 76.3 Å². The summed E-state index contributed by atoms with van der Waals surface area (Å²) in [7, 11) is 0. The molecule has 0 saturated carbocycles. The largest absolute Gasteiger partial charge is 0.272 e. The van der Waals surface area contributed by atoms with Crippen LogP contribution in [0.25, 0.3) is 21.9 Å². The standard InChI is InChI=1S/C18H15NO2/c1-2-13-11-17(9-10-18(13)19(20)21)16-8-7-14-5-3-4-6-15(14)12-16/h3-12H,2H2,1H3. The van der Waals surface area contributed by atoms with Crippen molar-refractivity contribution in [1.29, 1.82) is 0 Å². The molecule has 0 N–H and O–H groups in total. The van der Waals surface area contributed by atoms with Crippen LogP contribution in [0, 0.1) is 10.1 Å². The third-order valence-electron chi connectivity index (χ3n) is 3.74. The number of hydrogen-bond donors (Lipinski definition) is 0. The van der Waals surface area contributed by atoms with E-state index in [4.69, 9.17) is 0 Å². The molecule has 3 rings (SSSR count). The third-order valence-corrected chi connectivity index (χ3v) is 3.74. The number of fused-ring (bicyclic) bond motifs is 1. The molecule has 3 heteroatoms. The molecule has 0 aliphatic rings. The molecular weight excluding hydrogens is 262 g/mol. The van der Waals surface area contributed by atoms with Gasteiger partial charge in [-0.3, -0.25) is 10.1 Å². The Hall–Kier alpha value is -2.68. The summed E-state index contributed by atoms with van der Waals surface area (Å²) >= 11 is 0. The summed E-state index contributed by atoms with van der Waals surface area (Å²) < 4.78 is 0. The molecule has 3 aromatic carbocycles. The second-order valence-electron chi connectivity index (χ2n) is 5.02. The van der Waals surface area contributed by atoms with Crippen LogP contribution in [0.15, 0.2) is 60.7 Å². The van der Waals surface area contributed by atoms with Gasteiger partial charge in [0, 0.05) is 11.6 Å². The highest BCUT2D eigenvalue weighted by Crippen LogP contribution is 2.29. The predicted octanol–water partition coefficient (Wildman–Crippen LogP) is 4.98. The van der Waals surface area contributed by atoms with E-state index in [-0.39, 0.29) is 10.6 Å². The smallest absolute Gasteiger partial charge is 0.258 e. The van der Waals surface area contributed by atoms with Crippen molar-refractivity contribution in [2.24, 2.45) is 0 Å². The van der Waals surface area contributed by atoms with Crippen molar-refractivity contribution >= 4 is 16.5 Å². The summed E-state index contributed by atoms with van der Waals surface area (Å²) in [4.78, 5) is 10.7. The summed E-state index contributed by atoms with van der Waals surface area (Å²) in [6.45, 7) is 1.94. The van der Waals surface area contributed by atoms with Crippen LogP contribution < -0.4 is 0 Å². The van der Waals surface area contributed by atoms with Gasteiger partial charge in [-0.1, -0.05) is 43.3 Å². The lowest BCUT2D eigenvalue weighted by atomic mass is 9.98. The summed E-state index contributed by atoms with van der Waals surface area (Å²) in [6, 6.07) is 19.8. The zero-order valence-corrected chi connectivity index (χ0v) is 11.7. The van der Waals surface area contributed by atoms with Gasteiger partial charge in [-0.2, -0.15) is 0 Å². The Morgan fingerprint density at radius 2 is 1.57 bits per heavy atom. The minimum Gasteiger partial charge on any atom is -0.258 e. The Labute approximate surface area is 123 Å². The molecule has 0 aromatic heterocycles. The number of hydrogen-bond acceptors (Lipinski definition) is 2. The number of aryl methyl sites for hydroxylation is 1. The lowest BCUT2D eigenvalue weighted by molar-refractivity contribution is -0.385. The van der Waals surface area contributed by atoms with Crippen LogP contribution in [0.3, 0.4) is 0 Å². The van der Waals surface area contributed by atoms with Crippen LogP contribution in [-0.4, -0.2) is 4.92 Å². The average Bonchev–Trinajstić information content (AvgIpc) is 2.53. The SMILES string of the molecule is CCc1cc(-c2ccc3ccccc3c2)ccc1[N+](=O)[O-]. The monoisotopic (exact) mass is 277 g/mol. The maximum atomic E-state index is 11.0. The number of benzene rings is 3. The van der Waals surface area contributed by atoms with Crippen molar-refractivity contribution in [1.82, 2.24) is 0 Å². The maximum Gasteiger partial charge on any atom is 0.272 e. The number of nitro groups is 1. The number of nitro benzene ring substituents is 1. The Morgan fingerprint density at radius 3 is 2.29 bits per heavy atom. The molecular formula is C18H15NO2. The first-order valence-corrected chi connectivity index (χ1v) is 6.95. The van der Waals surface area contributed by atoms with E-state index in [0.29, 0.717) is 6.42 Å². The first-order valence-electron chi connectivity index (χ1n) is 6.95. The molecule has 104 valence electrons. The molecule has 3 aromatic rings. The lowest BCUT2D eigenvalue weighted by Crippen LogP contribution is -1.94. The van der Waals surface area contributed by atoms with E-state index in [0.717, 1.165) is 16.7 Å². The van der Waals surface area contributed by atoms with Crippen molar-refractivity contribution in [2.75, 3.05) is 0 Å². The number of rotatable bonds is 3. The quantitative estimate of drug-likeness (QED) is 0.500. The highest BCUT2D eigenvalue weighted by atomic mass is 16.6. The zero-order chi connectivity index (χ0) is 14.8. The maximum absolute atomic E-state index is 11.0. The van der Waals surface area contributed by atoms with Crippen LogP contribution in [0.4, 0.5) is 5.69 Å². The van der Waals surface area contributed by atoms with E-state index < -0.39 is 0 Å². The van der Waals surface area contributed by atoms with Gasteiger partial charge in [0.1, 0.15) is 0 Å². The normalized spacial score (nSPS) is 10.7. The molecule has 0 atom stereocenters. The first kappa shape index (κ1) is 13.3. The van der Waals surface area contributed by atoms with E-state index in [1.54, 1.807) is 6.07 Å². The minimum atomic E-state index is -0.316. The lowest BCUT2D eigenvalue weighted by Gasteiger charge is -2.07. The molecule has 0 radical (unpaired) electrons. The molecule has 0 aliphatic heterocycles. The van der Waals surface area contributed by atoms with Crippen molar-refractivity contribution in [3.8, 4) is 11.1 Å². The van der Waals surface area contributed by atoms with Gasteiger partial charge >= 0.3 is 0 Å². The molecule has 0 bridgehead atoms. The summed E-state index contributed by atoms with van der Waals surface area (Å²) in [5, 5.41) is 13.4. The van der Waals surface area contributed by atoms with Crippen LogP contribution in [0.1, 0.15) is 12.5 Å². The Morgan fingerprint density at radius 1 is 0.905 bits per heavy atom. The van der Waals surface area contributed by atoms with Gasteiger partial charge < -0.3 is 0 Å². The number of nitrogens with zero attached hydrogens (tertiary/aromatic N) is 1. The van der Waals surface area contributed by atoms with E-state index >= 15 is 0 Å². The van der Waals surface area contributed by atoms with Crippen LogP contribution in [0.5, 0.6) is 0 Å². The second-order valence-corrected chi connectivity index (χ2v) is 5.02. The fourth-order valence-electron chi connectivity index (χ4n) is 2.60. The first-order chi connectivity index (χ1) is 10.2. The molecule has 0 heterocycles. The van der Waals surface area contributed by atoms with Crippen molar-refractivity contribution in [3.63, 3.8) is 0 Å². The predicted molar refractivity (Wildman–Crippen MR) is 85.4 cm³/mol. The summed E-state index contributed by atoms with van der Waals surface area (Å²) in [5.74, 6) is 0. The Kier molecular flexibility index (Phi) is 3.40. The van der Waals surface area contributed by atoms with Gasteiger partial charge in [0.2, 0.25) is 0 Å². The fourth-order valence-corrected chi connectivity index (χ4v) is 2.60. The third kappa shape index (κ3) is 2.50. The van der Waals surface area contributed by atoms with E-state index in [1.165, 1.54) is 10.8 Å². The minimum absolute atomic E-state index is 0.196. The molecule has 3 nitrogen and oxygen atoms in total. The molecule has 0 amide bonds. The molecule has 0 saturated heterocycles. The van der Waals surface area contributed by atoms with E-state index in [1.807, 2.05) is 31.2 Å². The Balaban J connectivity index is 2.11. The molecule has 0 aliphatic carbocycles. The summed E-state index contributed by atoms with van der Waals surface area (Å²) in [6.07, 6.45) is 0.651.